The molecule has 1 fully saturated rings. The van der Waals surface area contributed by atoms with E-state index in [0.717, 1.165) is 31.4 Å². The number of hydrogen-bond donors (Lipinski definition) is 2. The van der Waals surface area contributed by atoms with Gasteiger partial charge in [-0.1, -0.05) is 6.42 Å². The maximum Gasteiger partial charge on any atom is 0.312 e. The molecule has 2 N–H and O–H groups in total. The van der Waals surface area contributed by atoms with Gasteiger partial charge in [0.1, 0.15) is 6.42 Å². The molecule has 0 aliphatic heterocycles. The minimum atomic E-state index is -1.13. The molecule has 1 saturated carbocycles. The first-order chi connectivity index (χ1) is 6.68. The molecule has 1 aliphatic rings. The van der Waals surface area contributed by atoms with Crippen molar-refractivity contribution in [3.8, 4) is 0 Å². The summed E-state index contributed by atoms with van der Waals surface area (Å²) in [5.74, 6) is -1.69. The van der Waals surface area contributed by atoms with E-state index in [0.29, 0.717) is 0 Å². The standard InChI is InChI=1S/C9H14N2O3/c12-8(6-9(13)14)11-10-7-4-2-1-3-5-7/h1-6H2,(H,11,12)(H,13,14). The summed E-state index contributed by atoms with van der Waals surface area (Å²) in [4.78, 5) is 21.0. The third kappa shape index (κ3) is 4.02. The maximum atomic E-state index is 10.9. The van der Waals surface area contributed by atoms with E-state index >= 15 is 0 Å². The molecule has 1 aliphatic carbocycles. The molecule has 78 valence electrons. The third-order valence-corrected chi connectivity index (χ3v) is 2.08. The van der Waals surface area contributed by atoms with Gasteiger partial charge in [0.15, 0.2) is 0 Å². The molecule has 0 saturated heterocycles. The molecular weight excluding hydrogens is 184 g/mol. The van der Waals surface area contributed by atoms with E-state index in [1.165, 1.54) is 6.42 Å². The van der Waals surface area contributed by atoms with Crippen LogP contribution in [0, 0.1) is 0 Å². The fourth-order valence-electron chi connectivity index (χ4n) is 1.39. The summed E-state index contributed by atoms with van der Waals surface area (Å²) in [5.41, 5.74) is 3.22. The van der Waals surface area contributed by atoms with Gasteiger partial charge in [-0.15, -0.1) is 0 Å². The molecular formula is C9H14N2O3. The average Bonchev–Trinajstić information content (AvgIpc) is 2.15. The van der Waals surface area contributed by atoms with Crippen LogP contribution in [0.5, 0.6) is 0 Å². The van der Waals surface area contributed by atoms with Crippen LogP contribution in [0.1, 0.15) is 38.5 Å². The minimum absolute atomic E-state index is 0.517. The van der Waals surface area contributed by atoms with Gasteiger partial charge < -0.3 is 5.11 Å². The number of nitrogens with zero attached hydrogens (tertiary/aromatic N) is 1. The van der Waals surface area contributed by atoms with Crippen molar-refractivity contribution in [2.24, 2.45) is 5.10 Å². The summed E-state index contributed by atoms with van der Waals surface area (Å²) in [6.07, 6.45) is 4.72. The zero-order valence-electron chi connectivity index (χ0n) is 7.95. The Morgan fingerprint density at radius 1 is 1.29 bits per heavy atom. The lowest BCUT2D eigenvalue weighted by Crippen LogP contribution is -2.22. The molecule has 0 atom stereocenters. The van der Waals surface area contributed by atoms with Gasteiger partial charge in [0, 0.05) is 5.71 Å². The Hall–Kier alpha value is -1.39. The Labute approximate surface area is 82.2 Å². The van der Waals surface area contributed by atoms with E-state index in [1.54, 1.807) is 0 Å². The second-order valence-electron chi connectivity index (χ2n) is 3.34. The smallest absolute Gasteiger partial charge is 0.312 e. The summed E-state index contributed by atoms with van der Waals surface area (Å²) >= 11 is 0. The lowest BCUT2D eigenvalue weighted by molar-refractivity contribution is -0.140. The predicted molar refractivity (Wildman–Crippen MR) is 50.9 cm³/mol. The van der Waals surface area contributed by atoms with Gasteiger partial charge in [0.25, 0.3) is 5.91 Å². The highest BCUT2D eigenvalue weighted by atomic mass is 16.4. The topological polar surface area (TPSA) is 78.8 Å². The number of carboxylic acids is 1. The molecule has 0 aromatic carbocycles. The van der Waals surface area contributed by atoms with E-state index in [4.69, 9.17) is 5.11 Å². The molecule has 0 radical (unpaired) electrons. The van der Waals surface area contributed by atoms with Crippen molar-refractivity contribution >= 4 is 17.6 Å². The van der Waals surface area contributed by atoms with Crippen molar-refractivity contribution in [2.75, 3.05) is 0 Å². The number of hydrazone groups is 1. The van der Waals surface area contributed by atoms with Gasteiger partial charge in [-0.25, -0.2) is 5.43 Å². The van der Waals surface area contributed by atoms with Crippen molar-refractivity contribution in [2.45, 2.75) is 38.5 Å². The van der Waals surface area contributed by atoms with Crippen LogP contribution < -0.4 is 5.43 Å². The molecule has 5 heteroatoms. The van der Waals surface area contributed by atoms with Crippen molar-refractivity contribution < 1.29 is 14.7 Å². The van der Waals surface area contributed by atoms with Gasteiger partial charge in [-0.3, -0.25) is 9.59 Å². The highest BCUT2D eigenvalue weighted by molar-refractivity contribution is 5.94. The second-order valence-corrected chi connectivity index (χ2v) is 3.34. The third-order valence-electron chi connectivity index (χ3n) is 2.08. The summed E-state index contributed by atoms with van der Waals surface area (Å²) in [7, 11) is 0. The van der Waals surface area contributed by atoms with E-state index in [1.807, 2.05) is 0 Å². The summed E-state index contributed by atoms with van der Waals surface area (Å²) in [6, 6.07) is 0. The van der Waals surface area contributed by atoms with Gasteiger partial charge >= 0.3 is 5.97 Å². The van der Waals surface area contributed by atoms with Gasteiger partial charge in [0.2, 0.25) is 0 Å². The van der Waals surface area contributed by atoms with Crippen LogP contribution in [0.3, 0.4) is 0 Å². The lowest BCUT2D eigenvalue weighted by atomic mass is 9.99. The van der Waals surface area contributed by atoms with Crippen molar-refractivity contribution in [3.05, 3.63) is 0 Å². The molecule has 0 bridgehead atoms. The van der Waals surface area contributed by atoms with Crippen molar-refractivity contribution in [1.29, 1.82) is 0 Å². The number of amides is 1. The zero-order valence-corrected chi connectivity index (χ0v) is 7.95. The summed E-state index contributed by atoms with van der Waals surface area (Å²) < 4.78 is 0. The number of nitrogens with one attached hydrogen (secondary N) is 1. The fourth-order valence-corrected chi connectivity index (χ4v) is 1.39. The number of rotatable bonds is 3. The van der Waals surface area contributed by atoms with Crippen molar-refractivity contribution in [3.63, 3.8) is 0 Å². The first-order valence-electron chi connectivity index (χ1n) is 4.74. The lowest BCUT2D eigenvalue weighted by Gasteiger charge is -2.11. The van der Waals surface area contributed by atoms with E-state index in [9.17, 15) is 9.59 Å². The minimum Gasteiger partial charge on any atom is -0.481 e. The van der Waals surface area contributed by atoms with E-state index in [-0.39, 0.29) is 0 Å². The zero-order chi connectivity index (χ0) is 10.4. The van der Waals surface area contributed by atoms with Crippen LogP contribution in [0.25, 0.3) is 0 Å². The van der Waals surface area contributed by atoms with Crippen LogP contribution >= 0.6 is 0 Å². The molecule has 5 nitrogen and oxygen atoms in total. The molecule has 1 rings (SSSR count). The normalized spacial score (nSPS) is 16.1. The van der Waals surface area contributed by atoms with Gasteiger partial charge in [-0.2, -0.15) is 5.10 Å². The number of carbonyl (C=O) groups is 2. The molecule has 14 heavy (non-hydrogen) atoms. The number of carboxylic acid groups (broad SMARTS) is 1. The Kier molecular flexibility index (Phi) is 4.10. The van der Waals surface area contributed by atoms with E-state index in [2.05, 4.69) is 10.5 Å². The number of carbonyl (C=O) groups excluding carboxylic acids is 1. The predicted octanol–water partition coefficient (Wildman–Crippen LogP) is 0.897. The number of aliphatic carboxylic acids is 1. The molecule has 0 spiro atoms. The number of hydrogen-bond acceptors (Lipinski definition) is 3. The SMILES string of the molecule is O=C(O)CC(=O)NN=C1CCCCC1. The molecule has 0 unspecified atom stereocenters. The average molecular weight is 198 g/mol. The first kappa shape index (κ1) is 10.7. The van der Waals surface area contributed by atoms with Crippen LogP contribution in [0.15, 0.2) is 5.10 Å². The highest BCUT2D eigenvalue weighted by Crippen LogP contribution is 2.14. The Balaban J connectivity index is 2.29. The molecule has 0 aromatic rings. The Morgan fingerprint density at radius 2 is 1.93 bits per heavy atom. The second kappa shape index (κ2) is 5.36. The van der Waals surface area contributed by atoms with Crippen molar-refractivity contribution in [1.82, 2.24) is 5.43 Å². The first-order valence-corrected chi connectivity index (χ1v) is 4.74. The Bertz CT molecular complexity index is 253. The molecule has 0 heterocycles. The quantitative estimate of drug-likeness (QED) is 0.522. The molecule has 0 aromatic heterocycles. The molecule has 1 amide bonds. The summed E-state index contributed by atoms with van der Waals surface area (Å²) in [6.45, 7) is 0. The van der Waals surface area contributed by atoms with Crippen LogP contribution in [0.4, 0.5) is 0 Å². The van der Waals surface area contributed by atoms with Crippen LogP contribution in [-0.4, -0.2) is 22.7 Å². The van der Waals surface area contributed by atoms with Crippen LogP contribution in [0.2, 0.25) is 0 Å². The van der Waals surface area contributed by atoms with Gasteiger partial charge in [0.05, 0.1) is 0 Å². The van der Waals surface area contributed by atoms with Gasteiger partial charge in [-0.05, 0) is 25.7 Å². The Morgan fingerprint density at radius 3 is 2.50 bits per heavy atom. The van der Waals surface area contributed by atoms with E-state index < -0.39 is 18.3 Å². The maximum absolute atomic E-state index is 10.9. The summed E-state index contributed by atoms with van der Waals surface area (Å²) in [5, 5.41) is 12.2. The largest absolute Gasteiger partial charge is 0.481 e. The highest BCUT2D eigenvalue weighted by Gasteiger charge is 2.09. The fraction of sp³-hybridized carbons (Fsp3) is 0.667. The van der Waals surface area contributed by atoms with Crippen LogP contribution in [-0.2, 0) is 9.59 Å². The monoisotopic (exact) mass is 198 g/mol.